The van der Waals surface area contributed by atoms with Gasteiger partial charge in [-0.05, 0) is 30.5 Å². The van der Waals surface area contributed by atoms with Crippen LogP contribution >= 0.6 is 22.7 Å². The Balaban J connectivity index is 1.49. The summed E-state index contributed by atoms with van der Waals surface area (Å²) in [5.41, 5.74) is 2.17. The van der Waals surface area contributed by atoms with Crippen molar-refractivity contribution in [3.8, 4) is 11.3 Å². The zero-order valence-electron chi connectivity index (χ0n) is 14.2. The number of hydrogen-bond donors (Lipinski definition) is 2. The minimum atomic E-state index is -0.0852. The summed E-state index contributed by atoms with van der Waals surface area (Å²) in [5, 5.41) is 4.75. The minimum Gasteiger partial charge on any atom is -0.464 e. The van der Waals surface area contributed by atoms with Crippen molar-refractivity contribution in [2.24, 2.45) is 0 Å². The van der Waals surface area contributed by atoms with Crippen LogP contribution in [0.1, 0.15) is 29.2 Å². The van der Waals surface area contributed by atoms with Crippen LogP contribution in [0, 0.1) is 0 Å². The van der Waals surface area contributed by atoms with Gasteiger partial charge in [-0.15, -0.1) is 22.7 Å². The molecule has 5 heterocycles. The molecule has 4 aromatic heterocycles. The van der Waals surface area contributed by atoms with Crippen LogP contribution in [0.25, 0.3) is 21.5 Å². The summed E-state index contributed by atoms with van der Waals surface area (Å²) in [4.78, 5) is 24.2. The second kappa shape index (κ2) is 6.19. The fourth-order valence-electron chi connectivity index (χ4n) is 3.80. The molecule has 0 spiro atoms. The summed E-state index contributed by atoms with van der Waals surface area (Å²) in [7, 11) is 0. The second-order valence-electron chi connectivity index (χ2n) is 6.68. The first-order chi connectivity index (χ1) is 12.7. The molecule has 0 saturated heterocycles. The molecular weight excluding hydrogens is 366 g/mol. The van der Waals surface area contributed by atoms with Crippen LogP contribution in [0.15, 0.2) is 44.4 Å². The van der Waals surface area contributed by atoms with Crippen LogP contribution in [-0.2, 0) is 13.0 Å². The maximum atomic E-state index is 12.7. The topological polar surface area (TPSA) is 63.3 Å². The summed E-state index contributed by atoms with van der Waals surface area (Å²) >= 11 is 3.34. The summed E-state index contributed by atoms with van der Waals surface area (Å²) in [5.74, 6) is 1.47. The zero-order valence-corrected chi connectivity index (χ0v) is 15.9. The molecule has 7 heteroatoms. The summed E-state index contributed by atoms with van der Waals surface area (Å²) in [6, 6.07) is 6.35. The molecule has 1 aliphatic heterocycles. The third-order valence-electron chi connectivity index (χ3n) is 5.21. The first-order valence-corrected chi connectivity index (χ1v) is 10.4. The van der Waals surface area contributed by atoms with Crippen molar-refractivity contribution >= 4 is 32.9 Å². The number of H-pyrrole nitrogens is 1. The molecular formula is C19H18N3O2S2+. The van der Waals surface area contributed by atoms with E-state index in [2.05, 4.69) is 23.4 Å². The number of nitrogens with zero attached hydrogens (tertiary/aromatic N) is 1. The SMILES string of the molecule is C[C@H]1c2ccsc2CC[NH+]1Cc1nc2scc(-c3ccco3)c2c(=O)[nH]1. The van der Waals surface area contributed by atoms with E-state index in [1.807, 2.05) is 28.8 Å². The molecule has 2 atom stereocenters. The molecule has 2 N–H and O–H groups in total. The minimum absolute atomic E-state index is 0.0852. The van der Waals surface area contributed by atoms with Gasteiger partial charge in [0.2, 0.25) is 0 Å². The average Bonchev–Trinajstić information content (AvgIpc) is 3.36. The van der Waals surface area contributed by atoms with Gasteiger partial charge in [-0.2, -0.15) is 0 Å². The Labute approximate surface area is 157 Å². The number of aromatic nitrogens is 2. The van der Waals surface area contributed by atoms with Gasteiger partial charge in [0.05, 0.1) is 18.2 Å². The summed E-state index contributed by atoms with van der Waals surface area (Å²) in [6.45, 7) is 4.06. The lowest BCUT2D eigenvalue weighted by Gasteiger charge is -2.30. The van der Waals surface area contributed by atoms with E-state index in [9.17, 15) is 4.79 Å². The maximum Gasteiger partial charge on any atom is 0.260 e. The molecule has 5 nitrogen and oxygen atoms in total. The first-order valence-electron chi connectivity index (χ1n) is 8.66. The molecule has 4 aromatic rings. The van der Waals surface area contributed by atoms with Crippen LogP contribution in [-0.4, -0.2) is 16.5 Å². The lowest BCUT2D eigenvalue weighted by molar-refractivity contribution is -0.945. The standard InChI is InChI=1S/C19H17N3O2S2/c1-11-12-5-8-25-15(12)4-6-22(11)9-16-20-18(23)17-13(10-26-19(17)21-16)14-3-2-7-24-14/h2-3,5,7-8,10-11H,4,6,9H2,1H3,(H,20,21,23)/p+1/t11-/m0/s1. The molecule has 0 saturated carbocycles. The fraction of sp³-hybridized carbons (Fsp3) is 0.263. The Morgan fingerprint density at radius 3 is 3.15 bits per heavy atom. The summed E-state index contributed by atoms with van der Waals surface area (Å²) < 4.78 is 5.46. The van der Waals surface area contributed by atoms with Gasteiger partial charge in [0, 0.05) is 27.8 Å². The van der Waals surface area contributed by atoms with Gasteiger partial charge >= 0.3 is 0 Å². The quantitative estimate of drug-likeness (QED) is 0.571. The molecule has 0 radical (unpaired) electrons. The van der Waals surface area contributed by atoms with Crippen LogP contribution < -0.4 is 10.5 Å². The van der Waals surface area contributed by atoms with Gasteiger partial charge in [0.15, 0.2) is 5.82 Å². The van der Waals surface area contributed by atoms with Crippen molar-refractivity contribution in [2.45, 2.75) is 25.9 Å². The van der Waals surface area contributed by atoms with Gasteiger partial charge < -0.3 is 14.3 Å². The molecule has 0 bridgehead atoms. The molecule has 26 heavy (non-hydrogen) atoms. The molecule has 1 unspecified atom stereocenters. The van der Waals surface area contributed by atoms with E-state index in [1.54, 1.807) is 6.26 Å². The highest BCUT2D eigenvalue weighted by molar-refractivity contribution is 7.17. The Kier molecular flexibility index (Phi) is 3.81. The van der Waals surface area contributed by atoms with Crippen molar-refractivity contribution in [1.82, 2.24) is 9.97 Å². The van der Waals surface area contributed by atoms with E-state index < -0.39 is 0 Å². The van der Waals surface area contributed by atoms with E-state index in [-0.39, 0.29) is 5.56 Å². The van der Waals surface area contributed by atoms with Crippen molar-refractivity contribution in [3.05, 3.63) is 61.8 Å². The van der Waals surface area contributed by atoms with Crippen molar-refractivity contribution in [1.29, 1.82) is 0 Å². The van der Waals surface area contributed by atoms with Gasteiger partial charge in [0.1, 0.15) is 23.2 Å². The number of aromatic amines is 1. The largest absolute Gasteiger partial charge is 0.464 e. The number of furan rings is 1. The maximum absolute atomic E-state index is 12.7. The first kappa shape index (κ1) is 16.0. The molecule has 0 fully saturated rings. The van der Waals surface area contributed by atoms with Crippen molar-refractivity contribution in [2.75, 3.05) is 6.54 Å². The van der Waals surface area contributed by atoms with E-state index >= 15 is 0 Å². The monoisotopic (exact) mass is 384 g/mol. The van der Waals surface area contributed by atoms with E-state index in [4.69, 9.17) is 9.40 Å². The number of rotatable bonds is 3. The average molecular weight is 385 g/mol. The van der Waals surface area contributed by atoms with E-state index in [0.717, 1.165) is 35.7 Å². The number of quaternary nitrogens is 1. The van der Waals surface area contributed by atoms with E-state index in [0.29, 0.717) is 17.2 Å². The highest BCUT2D eigenvalue weighted by atomic mass is 32.1. The highest BCUT2D eigenvalue weighted by Gasteiger charge is 2.29. The third kappa shape index (κ3) is 2.55. The van der Waals surface area contributed by atoms with Gasteiger partial charge in [0.25, 0.3) is 5.56 Å². The Morgan fingerprint density at radius 2 is 2.31 bits per heavy atom. The van der Waals surface area contributed by atoms with Crippen molar-refractivity contribution in [3.63, 3.8) is 0 Å². The molecule has 1 aliphatic rings. The second-order valence-corrected chi connectivity index (χ2v) is 8.53. The Morgan fingerprint density at radius 1 is 1.38 bits per heavy atom. The predicted molar refractivity (Wildman–Crippen MR) is 104 cm³/mol. The molecule has 132 valence electrons. The fourth-order valence-corrected chi connectivity index (χ4v) is 5.72. The van der Waals surface area contributed by atoms with Gasteiger partial charge in [-0.25, -0.2) is 4.98 Å². The molecule has 0 amide bonds. The van der Waals surface area contributed by atoms with Crippen LogP contribution in [0.3, 0.4) is 0 Å². The summed E-state index contributed by atoms with van der Waals surface area (Å²) in [6.07, 6.45) is 2.72. The van der Waals surface area contributed by atoms with Crippen LogP contribution in [0.2, 0.25) is 0 Å². The number of fused-ring (bicyclic) bond motifs is 2. The van der Waals surface area contributed by atoms with Gasteiger partial charge in [-0.1, -0.05) is 0 Å². The predicted octanol–water partition coefficient (Wildman–Crippen LogP) is 3.01. The normalized spacial score (nSPS) is 19.7. The molecule has 0 aliphatic carbocycles. The van der Waals surface area contributed by atoms with Crippen LogP contribution in [0.4, 0.5) is 0 Å². The Hall–Kier alpha value is -2.22. The third-order valence-corrected chi connectivity index (χ3v) is 7.07. The lowest BCUT2D eigenvalue weighted by Crippen LogP contribution is -3.11. The number of nitrogens with one attached hydrogen (secondary N) is 2. The number of hydrogen-bond acceptors (Lipinski definition) is 5. The number of thiophene rings is 2. The molecule has 0 aromatic carbocycles. The molecule has 5 rings (SSSR count). The smallest absolute Gasteiger partial charge is 0.260 e. The Bertz CT molecular complexity index is 1120. The zero-order chi connectivity index (χ0) is 17.7. The van der Waals surface area contributed by atoms with Gasteiger partial charge in [-0.3, -0.25) is 4.79 Å². The van der Waals surface area contributed by atoms with E-state index in [1.165, 1.54) is 26.7 Å². The highest BCUT2D eigenvalue weighted by Crippen LogP contribution is 2.31. The van der Waals surface area contributed by atoms with Crippen molar-refractivity contribution < 1.29 is 9.32 Å². The lowest BCUT2D eigenvalue weighted by atomic mass is 10.0. The van der Waals surface area contributed by atoms with Crippen LogP contribution in [0.5, 0.6) is 0 Å².